The zero-order chi connectivity index (χ0) is 8.91. The molecule has 12 heavy (non-hydrogen) atoms. The fraction of sp³-hybridized carbons (Fsp3) is 0.800. The Morgan fingerprint density at radius 1 is 1.50 bits per heavy atom. The van der Waals surface area contributed by atoms with E-state index in [1.807, 2.05) is 0 Å². The predicted molar refractivity (Wildman–Crippen MR) is 47.5 cm³/mol. The molecule has 7 heteroatoms. The van der Waals surface area contributed by atoms with E-state index in [1.165, 1.54) is 0 Å². The molecule has 0 aromatic heterocycles. The molecule has 0 atom stereocenters. The molecule has 0 aromatic rings. The summed E-state index contributed by atoms with van der Waals surface area (Å²) in [5.41, 5.74) is 0. The first kappa shape index (κ1) is 15.1. The van der Waals surface area contributed by atoms with Crippen molar-refractivity contribution >= 4 is 53.9 Å². The summed E-state index contributed by atoms with van der Waals surface area (Å²) in [6.07, 6.45) is 0.582. The van der Waals surface area contributed by atoms with Crippen LogP contribution in [0.4, 0.5) is 0 Å². The molecule has 0 aliphatic rings. The molecule has 0 saturated carbocycles. The van der Waals surface area contributed by atoms with Gasteiger partial charge in [-0.25, -0.2) is 4.72 Å². The first-order valence-corrected chi connectivity index (χ1v) is 4.56. The summed E-state index contributed by atoms with van der Waals surface area (Å²) in [6, 6.07) is 0. The molecule has 1 N–H and O–H groups in total. The number of rotatable bonds is 4. The van der Waals surface area contributed by atoms with E-state index in [0.717, 1.165) is 6.92 Å². The van der Waals surface area contributed by atoms with Gasteiger partial charge in [-0.3, -0.25) is 8.98 Å². The van der Waals surface area contributed by atoms with Gasteiger partial charge < -0.3 is 0 Å². The molecule has 0 spiro atoms. The van der Waals surface area contributed by atoms with Gasteiger partial charge in [-0.2, -0.15) is 8.42 Å². The minimum atomic E-state index is -3.84. The Morgan fingerprint density at radius 2 is 2.00 bits per heavy atom. The van der Waals surface area contributed by atoms with Crippen LogP contribution < -0.4 is 4.72 Å². The molecule has 70 valence electrons. The number of carbonyl (C=O) groups excluding carboxylic acids is 1. The normalized spacial score (nSPS) is 10.2. The van der Waals surface area contributed by atoms with Gasteiger partial charge in [0.25, 0.3) is 0 Å². The molecule has 0 aliphatic heterocycles. The van der Waals surface area contributed by atoms with E-state index in [9.17, 15) is 13.2 Å². The van der Waals surface area contributed by atoms with Crippen molar-refractivity contribution in [3.05, 3.63) is 0 Å². The Kier molecular flexibility index (Phi) is 8.93. The molecule has 0 bridgehead atoms. The first-order chi connectivity index (χ1) is 4.98. The molecule has 0 heterocycles. The zero-order valence-corrected chi connectivity index (χ0v) is 7.27. The van der Waals surface area contributed by atoms with E-state index >= 15 is 0 Å². The van der Waals surface area contributed by atoms with Gasteiger partial charge in [-0.1, -0.05) is 6.92 Å². The summed E-state index contributed by atoms with van der Waals surface area (Å²) in [5, 5.41) is 0. The fourth-order valence-corrected chi connectivity index (χ4v) is 1.20. The zero-order valence-electron chi connectivity index (χ0n) is 6.46. The van der Waals surface area contributed by atoms with Crippen molar-refractivity contribution in [3.63, 3.8) is 0 Å². The molecule has 0 fully saturated rings. The summed E-state index contributed by atoms with van der Waals surface area (Å²) in [7, 11) is -3.84. The Bertz CT molecular complexity index is 226. The number of hydrogen-bond acceptors (Lipinski definition) is 4. The van der Waals surface area contributed by atoms with E-state index in [2.05, 4.69) is 4.18 Å². The number of amides is 1. The van der Waals surface area contributed by atoms with Crippen molar-refractivity contribution in [2.24, 2.45) is 0 Å². The second-order valence-electron chi connectivity index (χ2n) is 1.93. The minimum absolute atomic E-state index is 0. The molecule has 0 rings (SSSR count). The third kappa shape index (κ3) is 8.73. The van der Waals surface area contributed by atoms with Crippen molar-refractivity contribution in [2.45, 2.75) is 20.3 Å². The second kappa shape index (κ2) is 7.08. The summed E-state index contributed by atoms with van der Waals surface area (Å²) in [4.78, 5) is 10.3. The maximum absolute atomic E-state index is 10.6. The molecule has 0 aliphatic carbocycles. The first-order valence-electron chi connectivity index (χ1n) is 3.15. The summed E-state index contributed by atoms with van der Waals surface area (Å²) in [5.74, 6) is -0.652. The monoisotopic (exact) mass is 223 g/mol. The van der Waals surface area contributed by atoms with Gasteiger partial charge in [-0.15, -0.1) is 0 Å². The van der Waals surface area contributed by atoms with Gasteiger partial charge in [0, 0.05) is 6.92 Å². The van der Waals surface area contributed by atoms with E-state index in [-0.39, 0.29) is 44.3 Å². The number of nitrogens with one attached hydrogen (secondary N) is 1. The van der Waals surface area contributed by atoms with Crippen molar-refractivity contribution in [1.29, 1.82) is 0 Å². The Balaban J connectivity index is 0. The molecule has 1 amide bonds. The summed E-state index contributed by atoms with van der Waals surface area (Å²) < 4.78 is 27.3. The molecule has 0 radical (unpaired) electrons. The Morgan fingerprint density at radius 3 is 2.33 bits per heavy atom. The second-order valence-corrected chi connectivity index (χ2v) is 3.28. The van der Waals surface area contributed by atoms with Crippen LogP contribution in [0.2, 0.25) is 0 Å². The topological polar surface area (TPSA) is 72.5 Å². The van der Waals surface area contributed by atoms with E-state index in [0.29, 0.717) is 6.42 Å². The Hall–Kier alpha value is 0.640. The summed E-state index contributed by atoms with van der Waals surface area (Å²) in [6.45, 7) is 2.96. The fourth-order valence-electron chi connectivity index (χ4n) is 0.399. The van der Waals surface area contributed by atoms with Crippen LogP contribution in [0.5, 0.6) is 0 Å². The van der Waals surface area contributed by atoms with Gasteiger partial charge in [0.2, 0.25) is 5.91 Å². The molecule has 0 aromatic carbocycles. The van der Waals surface area contributed by atoms with Crippen LogP contribution >= 0.6 is 0 Å². The van der Waals surface area contributed by atoms with Crippen molar-refractivity contribution in [3.8, 4) is 0 Å². The van der Waals surface area contributed by atoms with Crippen LogP contribution in [0, 0.1) is 0 Å². The van der Waals surface area contributed by atoms with Crippen LogP contribution in [0.15, 0.2) is 0 Å². The van der Waals surface area contributed by atoms with E-state index < -0.39 is 16.2 Å². The van der Waals surface area contributed by atoms with E-state index in [1.54, 1.807) is 11.6 Å². The molecule has 0 unspecified atom stereocenters. The van der Waals surface area contributed by atoms with Crippen molar-refractivity contribution in [2.75, 3.05) is 6.61 Å². The molecule has 0 saturated heterocycles. The van der Waals surface area contributed by atoms with Gasteiger partial charge in [0.05, 0.1) is 6.61 Å². The average molecular weight is 223 g/mol. The average Bonchev–Trinajstić information content (AvgIpc) is 1.81. The Labute approximate surface area is 102 Å². The third-order valence-corrected chi connectivity index (χ3v) is 1.73. The van der Waals surface area contributed by atoms with Crippen LogP contribution in [0.1, 0.15) is 20.3 Å². The van der Waals surface area contributed by atoms with Gasteiger partial charge in [0.15, 0.2) is 0 Å². The summed E-state index contributed by atoms with van der Waals surface area (Å²) >= 11 is 0. The van der Waals surface area contributed by atoms with Crippen LogP contribution in [0.3, 0.4) is 0 Å². The SMILES string of the molecule is CCCOS(=O)(=O)NC(C)=O.[CaH2]. The van der Waals surface area contributed by atoms with Crippen LogP contribution in [-0.4, -0.2) is 58.7 Å². The maximum atomic E-state index is 10.6. The predicted octanol–water partition coefficient (Wildman–Crippen LogP) is -1.12. The van der Waals surface area contributed by atoms with Gasteiger partial charge in [0.1, 0.15) is 0 Å². The number of hydrogen-bond donors (Lipinski definition) is 1. The number of carbonyl (C=O) groups is 1. The van der Waals surface area contributed by atoms with Gasteiger partial charge >= 0.3 is 48.0 Å². The molecular weight excluding hydrogens is 210 g/mol. The van der Waals surface area contributed by atoms with Crippen molar-refractivity contribution < 1.29 is 17.4 Å². The molecule has 5 nitrogen and oxygen atoms in total. The van der Waals surface area contributed by atoms with Crippen LogP contribution in [0.25, 0.3) is 0 Å². The standard InChI is InChI=1S/C5H11NO4S.Ca.2H/c1-3-4-10-11(8,9)6-5(2)7;;;/h3-4H2,1-2H3,(H,6,7);;;. The van der Waals surface area contributed by atoms with Crippen molar-refractivity contribution in [1.82, 2.24) is 4.72 Å². The van der Waals surface area contributed by atoms with Gasteiger partial charge in [-0.05, 0) is 6.42 Å². The van der Waals surface area contributed by atoms with Crippen LogP contribution in [-0.2, 0) is 19.3 Å². The molecular formula is C5H13CaNO4S. The van der Waals surface area contributed by atoms with E-state index in [4.69, 9.17) is 0 Å². The quantitative estimate of drug-likeness (QED) is 0.613. The third-order valence-electron chi connectivity index (χ3n) is 0.711.